The lowest BCUT2D eigenvalue weighted by Gasteiger charge is -2.32. The Labute approximate surface area is 180 Å². The molecule has 0 spiro atoms. The van der Waals surface area contributed by atoms with Gasteiger partial charge >= 0.3 is 0 Å². The summed E-state index contributed by atoms with van der Waals surface area (Å²) in [6, 6.07) is 3.80. The Hall–Kier alpha value is -2.49. The zero-order valence-corrected chi connectivity index (χ0v) is 18.0. The molecule has 2 aliphatic heterocycles. The number of anilines is 1. The van der Waals surface area contributed by atoms with Crippen molar-refractivity contribution in [2.45, 2.75) is 49.6 Å². The van der Waals surface area contributed by atoms with Gasteiger partial charge in [-0.15, -0.1) is 10.2 Å². The van der Waals surface area contributed by atoms with E-state index in [1.165, 1.54) is 11.8 Å². The molecule has 2 aromatic rings. The molecule has 2 aromatic heterocycles. The second-order valence-electron chi connectivity index (χ2n) is 7.90. The first-order valence-electron chi connectivity index (χ1n) is 10.5. The fourth-order valence-electron chi connectivity index (χ4n) is 4.07. The Balaban J connectivity index is 1.46. The van der Waals surface area contributed by atoms with Crippen LogP contribution in [0.1, 0.15) is 38.4 Å². The molecule has 2 saturated heterocycles. The highest BCUT2D eigenvalue weighted by Gasteiger charge is 2.30. The van der Waals surface area contributed by atoms with Crippen LogP contribution in [0.5, 0.6) is 0 Å². The predicted octanol–water partition coefficient (Wildman–Crippen LogP) is 1.72. The number of aromatic nitrogens is 3. The summed E-state index contributed by atoms with van der Waals surface area (Å²) in [6.45, 7) is 5.48. The molecule has 4 heterocycles. The van der Waals surface area contributed by atoms with Crippen molar-refractivity contribution in [1.29, 1.82) is 0 Å². The molecule has 162 valence electrons. The molecular formula is C20H28N6O3S. The second-order valence-corrected chi connectivity index (χ2v) is 9.21. The van der Waals surface area contributed by atoms with Crippen LogP contribution in [0.3, 0.4) is 0 Å². The fraction of sp³-hybridized carbons (Fsp3) is 0.600. The van der Waals surface area contributed by atoms with Crippen LogP contribution < -0.4 is 10.6 Å². The van der Waals surface area contributed by atoms with Crippen LogP contribution in [0.15, 0.2) is 28.0 Å². The van der Waals surface area contributed by atoms with Gasteiger partial charge in [0.2, 0.25) is 17.8 Å². The number of amides is 2. The van der Waals surface area contributed by atoms with Gasteiger partial charge in [-0.3, -0.25) is 14.2 Å². The number of furan rings is 1. The summed E-state index contributed by atoms with van der Waals surface area (Å²) in [7, 11) is 0. The van der Waals surface area contributed by atoms with Gasteiger partial charge in [-0.25, -0.2) is 0 Å². The quantitative estimate of drug-likeness (QED) is 0.663. The Morgan fingerprint density at radius 3 is 2.60 bits per heavy atom. The highest BCUT2D eigenvalue weighted by Crippen LogP contribution is 2.30. The van der Waals surface area contributed by atoms with E-state index < -0.39 is 0 Å². The molecule has 2 N–H and O–H groups in total. The molecule has 0 aliphatic carbocycles. The summed E-state index contributed by atoms with van der Waals surface area (Å²) in [5.74, 6) is 1.30. The van der Waals surface area contributed by atoms with E-state index in [2.05, 4.69) is 15.1 Å². The number of thioether (sulfide) groups is 1. The number of hydrogen-bond donors (Lipinski definition) is 1. The van der Waals surface area contributed by atoms with Gasteiger partial charge in [0.1, 0.15) is 5.76 Å². The average molecular weight is 433 g/mol. The smallest absolute Gasteiger partial charge is 0.235 e. The first-order chi connectivity index (χ1) is 14.5. The van der Waals surface area contributed by atoms with Crippen LogP contribution in [0, 0.1) is 5.92 Å². The van der Waals surface area contributed by atoms with E-state index in [1.807, 2.05) is 28.5 Å². The van der Waals surface area contributed by atoms with Crippen LogP contribution in [0.2, 0.25) is 0 Å². The van der Waals surface area contributed by atoms with Crippen molar-refractivity contribution in [2.75, 3.05) is 31.1 Å². The third kappa shape index (κ3) is 4.48. The van der Waals surface area contributed by atoms with Gasteiger partial charge in [-0.05, 0) is 44.7 Å². The predicted molar refractivity (Wildman–Crippen MR) is 113 cm³/mol. The number of carbonyl (C=O) groups excluding carboxylic acids is 2. The van der Waals surface area contributed by atoms with Crippen LogP contribution in [-0.2, 0) is 16.1 Å². The molecule has 1 atom stereocenters. The molecule has 1 unspecified atom stereocenters. The van der Waals surface area contributed by atoms with Crippen LogP contribution >= 0.6 is 11.8 Å². The van der Waals surface area contributed by atoms with E-state index in [0.717, 1.165) is 37.6 Å². The second kappa shape index (κ2) is 9.11. The zero-order chi connectivity index (χ0) is 21.1. The SMILES string of the molecule is CC(Sc1nnc(N2CCCC2)n1Cc1ccco1)C(=O)N1CCC(C(N)=O)CC1. The van der Waals surface area contributed by atoms with E-state index in [4.69, 9.17) is 10.2 Å². The van der Waals surface area contributed by atoms with Crippen LogP contribution in [-0.4, -0.2) is 62.9 Å². The van der Waals surface area contributed by atoms with E-state index in [0.29, 0.717) is 37.6 Å². The maximum atomic E-state index is 13.0. The molecular weight excluding hydrogens is 404 g/mol. The Bertz CT molecular complexity index is 869. The maximum absolute atomic E-state index is 13.0. The number of nitrogens with zero attached hydrogens (tertiary/aromatic N) is 5. The minimum Gasteiger partial charge on any atom is -0.467 e. The number of nitrogens with two attached hydrogens (primary N) is 1. The van der Waals surface area contributed by atoms with Crippen molar-refractivity contribution >= 4 is 29.5 Å². The summed E-state index contributed by atoms with van der Waals surface area (Å²) in [5, 5.41) is 9.24. The van der Waals surface area contributed by atoms with Crippen molar-refractivity contribution in [3.05, 3.63) is 24.2 Å². The summed E-state index contributed by atoms with van der Waals surface area (Å²) in [5.41, 5.74) is 5.40. The van der Waals surface area contributed by atoms with Crippen molar-refractivity contribution in [1.82, 2.24) is 19.7 Å². The highest BCUT2D eigenvalue weighted by atomic mass is 32.2. The summed E-state index contributed by atoms with van der Waals surface area (Å²) < 4.78 is 7.58. The number of hydrogen-bond acceptors (Lipinski definition) is 7. The molecule has 10 heteroatoms. The minimum atomic E-state index is -0.305. The lowest BCUT2D eigenvalue weighted by Crippen LogP contribution is -2.44. The maximum Gasteiger partial charge on any atom is 0.235 e. The third-order valence-corrected chi connectivity index (χ3v) is 6.89. The number of piperidine rings is 1. The van der Waals surface area contributed by atoms with Gasteiger partial charge in [-0.2, -0.15) is 0 Å². The normalized spacial score (nSPS) is 18.7. The number of likely N-dealkylation sites (tertiary alicyclic amines) is 1. The van der Waals surface area contributed by atoms with Crippen LogP contribution in [0.25, 0.3) is 0 Å². The van der Waals surface area contributed by atoms with Gasteiger partial charge in [-0.1, -0.05) is 11.8 Å². The van der Waals surface area contributed by atoms with Crippen molar-refractivity contribution in [2.24, 2.45) is 11.7 Å². The monoisotopic (exact) mass is 432 g/mol. The lowest BCUT2D eigenvalue weighted by molar-refractivity contribution is -0.134. The van der Waals surface area contributed by atoms with Gasteiger partial charge in [0.25, 0.3) is 0 Å². The Kier molecular flexibility index (Phi) is 6.31. The molecule has 4 rings (SSSR count). The summed E-state index contributed by atoms with van der Waals surface area (Å²) in [6.07, 6.45) is 5.21. The minimum absolute atomic E-state index is 0.0539. The standard InChI is InChI=1S/C20H28N6O3S/c1-14(18(28)24-10-6-15(7-11-24)17(21)27)30-20-23-22-19(25-8-2-3-9-25)26(20)13-16-5-4-12-29-16/h4-5,12,14-15H,2-3,6-11,13H2,1H3,(H2,21,27). The van der Waals surface area contributed by atoms with Crippen LogP contribution in [0.4, 0.5) is 5.95 Å². The van der Waals surface area contributed by atoms with Gasteiger partial charge in [0.15, 0.2) is 5.16 Å². The molecule has 0 aromatic carbocycles. The van der Waals surface area contributed by atoms with Gasteiger partial charge in [0.05, 0.1) is 18.1 Å². The van der Waals surface area contributed by atoms with E-state index in [1.54, 1.807) is 6.26 Å². The largest absolute Gasteiger partial charge is 0.467 e. The van der Waals surface area contributed by atoms with Gasteiger partial charge in [0, 0.05) is 32.1 Å². The van der Waals surface area contributed by atoms with Crippen molar-refractivity contribution in [3.8, 4) is 0 Å². The Morgan fingerprint density at radius 2 is 1.97 bits per heavy atom. The molecule has 2 amide bonds. The molecule has 0 saturated carbocycles. The van der Waals surface area contributed by atoms with E-state index >= 15 is 0 Å². The zero-order valence-electron chi connectivity index (χ0n) is 17.2. The topological polar surface area (TPSA) is 110 Å². The molecule has 2 aliphatic rings. The molecule has 2 fully saturated rings. The van der Waals surface area contributed by atoms with Crippen molar-refractivity contribution < 1.29 is 14.0 Å². The van der Waals surface area contributed by atoms with Gasteiger partial charge < -0.3 is 20.0 Å². The molecule has 0 bridgehead atoms. The lowest BCUT2D eigenvalue weighted by atomic mass is 9.96. The number of primary amides is 1. The van der Waals surface area contributed by atoms with E-state index in [9.17, 15) is 9.59 Å². The van der Waals surface area contributed by atoms with E-state index in [-0.39, 0.29) is 23.0 Å². The Morgan fingerprint density at radius 1 is 1.23 bits per heavy atom. The fourth-order valence-corrected chi connectivity index (χ4v) is 4.99. The number of rotatable bonds is 7. The first kappa shape index (κ1) is 20.8. The first-order valence-corrected chi connectivity index (χ1v) is 11.4. The average Bonchev–Trinajstić information content (AvgIpc) is 3.51. The molecule has 0 radical (unpaired) electrons. The molecule has 30 heavy (non-hydrogen) atoms. The molecule has 9 nitrogen and oxygen atoms in total. The number of carbonyl (C=O) groups is 2. The summed E-state index contributed by atoms with van der Waals surface area (Å²) in [4.78, 5) is 28.4. The highest BCUT2D eigenvalue weighted by molar-refractivity contribution is 8.00. The summed E-state index contributed by atoms with van der Waals surface area (Å²) >= 11 is 1.42. The third-order valence-electron chi connectivity index (χ3n) is 5.82. The van der Waals surface area contributed by atoms with Crippen molar-refractivity contribution in [3.63, 3.8) is 0 Å².